The summed E-state index contributed by atoms with van der Waals surface area (Å²) in [4.78, 5) is 26.6. The Morgan fingerprint density at radius 1 is 1.57 bits per heavy atom. The second-order valence-corrected chi connectivity index (χ2v) is 5.88. The Morgan fingerprint density at radius 2 is 2.19 bits per heavy atom. The van der Waals surface area contributed by atoms with Crippen molar-refractivity contribution in [1.82, 2.24) is 10.2 Å². The summed E-state index contributed by atoms with van der Waals surface area (Å²) in [6.45, 7) is 11.5. The van der Waals surface area contributed by atoms with E-state index >= 15 is 0 Å². The van der Waals surface area contributed by atoms with Gasteiger partial charge in [0.05, 0.1) is 0 Å². The van der Waals surface area contributed by atoms with Gasteiger partial charge >= 0.3 is 5.97 Å². The summed E-state index contributed by atoms with van der Waals surface area (Å²) >= 11 is 0. The SMILES string of the molecule is C=CC1(OC(=O)C(=C)C)C(=O)NCCCC1C(C)N(C)C. The van der Waals surface area contributed by atoms with E-state index in [-0.39, 0.29) is 23.4 Å². The lowest BCUT2D eigenvalue weighted by Gasteiger charge is -2.40. The summed E-state index contributed by atoms with van der Waals surface area (Å²) in [6, 6.07) is 0.0600. The van der Waals surface area contributed by atoms with Crippen LogP contribution >= 0.6 is 0 Å². The number of ether oxygens (including phenoxy) is 1. The maximum Gasteiger partial charge on any atom is 0.334 e. The van der Waals surface area contributed by atoms with Gasteiger partial charge < -0.3 is 15.0 Å². The van der Waals surface area contributed by atoms with Gasteiger partial charge in [-0.05, 0) is 46.9 Å². The summed E-state index contributed by atoms with van der Waals surface area (Å²) in [5.41, 5.74) is -1.08. The Hall–Kier alpha value is -1.62. The molecule has 0 radical (unpaired) electrons. The van der Waals surface area contributed by atoms with Crippen LogP contribution in [0.4, 0.5) is 0 Å². The number of hydrogen-bond donors (Lipinski definition) is 1. The van der Waals surface area contributed by atoms with Gasteiger partial charge in [-0.25, -0.2) is 4.79 Å². The van der Waals surface area contributed by atoms with E-state index in [0.29, 0.717) is 6.54 Å². The average molecular weight is 294 g/mol. The quantitative estimate of drug-likeness (QED) is 0.474. The second kappa shape index (κ2) is 6.89. The first-order valence-electron chi connectivity index (χ1n) is 7.23. The molecule has 1 aliphatic heterocycles. The van der Waals surface area contributed by atoms with Crippen molar-refractivity contribution in [2.75, 3.05) is 20.6 Å². The first kappa shape index (κ1) is 17.4. The lowest BCUT2D eigenvalue weighted by molar-refractivity contribution is -0.167. The number of rotatable bonds is 5. The van der Waals surface area contributed by atoms with Crippen LogP contribution in [-0.4, -0.2) is 49.1 Å². The van der Waals surface area contributed by atoms with Crippen LogP contribution in [0.25, 0.3) is 0 Å². The lowest BCUT2D eigenvalue weighted by atomic mass is 9.78. The molecule has 21 heavy (non-hydrogen) atoms. The third-order valence-corrected chi connectivity index (χ3v) is 4.19. The monoisotopic (exact) mass is 294 g/mol. The molecular formula is C16H26N2O3. The Kier molecular flexibility index (Phi) is 5.72. The molecule has 0 aromatic rings. The first-order chi connectivity index (χ1) is 9.76. The normalized spacial score (nSPS) is 27.5. The summed E-state index contributed by atoms with van der Waals surface area (Å²) in [5, 5.41) is 2.82. The van der Waals surface area contributed by atoms with E-state index < -0.39 is 11.6 Å². The smallest absolute Gasteiger partial charge is 0.334 e. The minimum Gasteiger partial charge on any atom is -0.441 e. The first-order valence-corrected chi connectivity index (χ1v) is 7.23. The lowest BCUT2D eigenvalue weighted by Crippen LogP contribution is -2.56. The molecule has 5 heteroatoms. The van der Waals surface area contributed by atoms with E-state index in [4.69, 9.17) is 4.74 Å². The number of carbonyl (C=O) groups excluding carboxylic acids is 2. The van der Waals surface area contributed by atoms with Gasteiger partial charge in [-0.15, -0.1) is 0 Å². The standard InChI is InChI=1S/C16H26N2O3/c1-7-16(21-14(19)11(2)3)13(12(4)18(5)6)9-8-10-17-15(16)20/h7,12-13H,1-2,8-10H2,3-6H3,(H,17,20). The molecule has 0 aromatic heterocycles. The Labute approximate surface area is 127 Å². The summed E-state index contributed by atoms with van der Waals surface area (Å²) in [6.07, 6.45) is 3.07. The Balaban J connectivity index is 3.26. The van der Waals surface area contributed by atoms with Crippen molar-refractivity contribution in [2.45, 2.75) is 38.3 Å². The maximum absolute atomic E-state index is 12.6. The number of amides is 1. The van der Waals surface area contributed by atoms with Crippen molar-refractivity contribution >= 4 is 11.9 Å². The highest BCUT2D eigenvalue weighted by molar-refractivity contribution is 5.94. The molecule has 1 N–H and O–H groups in total. The number of hydrogen-bond acceptors (Lipinski definition) is 4. The van der Waals surface area contributed by atoms with Crippen LogP contribution in [0.1, 0.15) is 26.7 Å². The molecule has 0 aliphatic carbocycles. The molecule has 0 saturated carbocycles. The number of nitrogens with one attached hydrogen (secondary N) is 1. The van der Waals surface area contributed by atoms with Crippen LogP contribution in [0.2, 0.25) is 0 Å². The Morgan fingerprint density at radius 3 is 2.67 bits per heavy atom. The van der Waals surface area contributed by atoms with Gasteiger partial charge in [-0.3, -0.25) is 4.79 Å². The van der Waals surface area contributed by atoms with Crippen molar-refractivity contribution in [2.24, 2.45) is 5.92 Å². The minimum absolute atomic E-state index is 0.0600. The van der Waals surface area contributed by atoms with Crippen LogP contribution in [0.5, 0.6) is 0 Å². The van der Waals surface area contributed by atoms with Crippen molar-refractivity contribution in [3.8, 4) is 0 Å². The average Bonchev–Trinajstić information content (AvgIpc) is 2.58. The van der Waals surface area contributed by atoms with E-state index in [1.165, 1.54) is 6.08 Å². The third-order valence-electron chi connectivity index (χ3n) is 4.19. The summed E-state index contributed by atoms with van der Waals surface area (Å²) in [5.74, 6) is -1.03. The molecule has 0 aromatic carbocycles. The molecule has 1 rings (SSSR count). The van der Waals surface area contributed by atoms with Crippen LogP contribution in [-0.2, 0) is 14.3 Å². The number of esters is 1. The zero-order valence-corrected chi connectivity index (χ0v) is 13.4. The van der Waals surface area contributed by atoms with Crippen molar-refractivity contribution in [1.29, 1.82) is 0 Å². The van der Waals surface area contributed by atoms with Gasteiger partial charge in [-0.1, -0.05) is 13.2 Å². The van der Waals surface area contributed by atoms with E-state index in [0.717, 1.165) is 12.8 Å². The molecule has 118 valence electrons. The minimum atomic E-state index is -1.35. The molecule has 1 aliphatic rings. The second-order valence-electron chi connectivity index (χ2n) is 5.88. The molecule has 1 amide bonds. The fraction of sp³-hybridized carbons (Fsp3) is 0.625. The van der Waals surface area contributed by atoms with Crippen molar-refractivity contribution in [3.63, 3.8) is 0 Å². The van der Waals surface area contributed by atoms with E-state index in [2.05, 4.69) is 18.5 Å². The predicted octanol–water partition coefficient (Wildman–Crippen LogP) is 1.51. The molecule has 5 nitrogen and oxygen atoms in total. The third kappa shape index (κ3) is 3.53. The highest BCUT2D eigenvalue weighted by Gasteiger charge is 2.50. The van der Waals surface area contributed by atoms with Crippen molar-refractivity contribution < 1.29 is 14.3 Å². The fourth-order valence-electron chi connectivity index (χ4n) is 2.65. The van der Waals surface area contributed by atoms with Gasteiger partial charge in [-0.2, -0.15) is 0 Å². The van der Waals surface area contributed by atoms with Crippen molar-refractivity contribution in [3.05, 3.63) is 24.8 Å². The largest absolute Gasteiger partial charge is 0.441 e. The van der Waals surface area contributed by atoms with Gasteiger partial charge in [0.2, 0.25) is 5.60 Å². The zero-order chi connectivity index (χ0) is 16.2. The molecule has 1 fully saturated rings. The van der Waals surface area contributed by atoms with Crippen LogP contribution in [0, 0.1) is 5.92 Å². The van der Waals surface area contributed by atoms with Gasteiger partial charge in [0.25, 0.3) is 5.91 Å². The molecule has 3 atom stereocenters. The highest BCUT2D eigenvalue weighted by atomic mass is 16.6. The van der Waals surface area contributed by atoms with E-state index in [1.807, 2.05) is 25.9 Å². The molecule has 1 heterocycles. The van der Waals surface area contributed by atoms with E-state index in [9.17, 15) is 9.59 Å². The van der Waals surface area contributed by atoms with Crippen LogP contribution in [0.3, 0.4) is 0 Å². The molecule has 0 spiro atoms. The molecule has 1 saturated heterocycles. The van der Waals surface area contributed by atoms with Gasteiger partial charge in [0, 0.05) is 24.1 Å². The summed E-state index contributed by atoms with van der Waals surface area (Å²) in [7, 11) is 3.89. The molecular weight excluding hydrogens is 268 g/mol. The predicted molar refractivity (Wildman–Crippen MR) is 82.7 cm³/mol. The molecule has 0 bridgehead atoms. The highest BCUT2D eigenvalue weighted by Crippen LogP contribution is 2.35. The van der Waals surface area contributed by atoms with Gasteiger partial charge in [0.1, 0.15) is 0 Å². The number of nitrogens with zero attached hydrogens (tertiary/aromatic N) is 1. The Bertz CT molecular complexity index is 445. The zero-order valence-electron chi connectivity index (χ0n) is 13.4. The molecule has 3 unspecified atom stereocenters. The van der Waals surface area contributed by atoms with Crippen LogP contribution in [0.15, 0.2) is 24.8 Å². The number of carbonyl (C=O) groups is 2. The maximum atomic E-state index is 12.6. The van der Waals surface area contributed by atoms with Gasteiger partial charge in [0.15, 0.2) is 0 Å². The summed E-state index contributed by atoms with van der Waals surface area (Å²) < 4.78 is 5.57. The van der Waals surface area contributed by atoms with Crippen LogP contribution < -0.4 is 5.32 Å². The fourth-order valence-corrected chi connectivity index (χ4v) is 2.65. The van der Waals surface area contributed by atoms with E-state index in [1.54, 1.807) is 6.92 Å². The topological polar surface area (TPSA) is 58.6 Å².